The van der Waals surface area contributed by atoms with Crippen molar-refractivity contribution in [3.05, 3.63) is 28.8 Å². The average Bonchev–Trinajstić information content (AvgIpc) is 2.40. The Balaban J connectivity index is 2.78. The molecule has 8 heteroatoms. The maximum atomic E-state index is 11.6. The predicted molar refractivity (Wildman–Crippen MR) is 71.1 cm³/mol. The monoisotopic (exact) mass is 300 g/mol. The first-order chi connectivity index (χ1) is 9.35. The number of carboxylic acid groups (broad SMARTS) is 1. The van der Waals surface area contributed by atoms with Crippen LogP contribution in [0.15, 0.2) is 18.2 Å². The molecule has 0 radical (unpaired) electrons. The molecule has 0 fully saturated rings. The summed E-state index contributed by atoms with van der Waals surface area (Å²) in [6.07, 6.45) is -0.977. The van der Waals surface area contributed by atoms with Gasteiger partial charge in [0.1, 0.15) is 5.75 Å². The Hall–Kier alpha value is -2.28. The van der Waals surface area contributed by atoms with E-state index in [1.807, 2.05) is 5.32 Å². The summed E-state index contributed by atoms with van der Waals surface area (Å²) in [5.41, 5.74) is -0.136. The number of urea groups is 1. The summed E-state index contributed by atoms with van der Waals surface area (Å²) < 4.78 is 5.25. The van der Waals surface area contributed by atoms with E-state index in [2.05, 4.69) is 5.32 Å². The number of imide groups is 1. The molecule has 0 bridgehead atoms. The van der Waals surface area contributed by atoms with Gasteiger partial charge in [-0.05, 0) is 25.1 Å². The molecule has 1 unspecified atom stereocenters. The number of benzene rings is 1. The topological polar surface area (TPSA) is 105 Å². The Bertz CT molecular complexity index is 547. The summed E-state index contributed by atoms with van der Waals surface area (Å²) in [5.74, 6) is -1.70. The number of aromatic carboxylic acids is 1. The number of carboxylic acids is 1. The molecular formula is C12H13ClN2O5. The van der Waals surface area contributed by atoms with Crippen molar-refractivity contribution in [2.24, 2.45) is 0 Å². The Morgan fingerprint density at radius 3 is 2.55 bits per heavy atom. The standard InChI is InChI=1S/C12H13ClN2O5/c1-6(10(16)15-12(19)14-2)20-7-3-4-9(13)8(5-7)11(17)18/h3-6H,1-2H3,(H,17,18)(H2,14,15,16,19). The first kappa shape index (κ1) is 15.8. The fraction of sp³-hybridized carbons (Fsp3) is 0.250. The molecule has 1 atom stereocenters. The molecule has 0 saturated heterocycles. The van der Waals surface area contributed by atoms with Crippen LogP contribution in [0.3, 0.4) is 0 Å². The van der Waals surface area contributed by atoms with Crippen molar-refractivity contribution in [2.45, 2.75) is 13.0 Å². The minimum atomic E-state index is -1.21. The van der Waals surface area contributed by atoms with E-state index >= 15 is 0 Å². The number of carbonyl (C=O) groups is 3. The normalized spacial score (nSPS) is 11.3. The predicted octanol–water partition coefficient (Wildman–Crippen LogP) is 1.26. The molecule has 0 heterocycles. The number of ether oxygens (including phenoxy) is 1. The number of nitrogens with one attached hydrogen (secondary N) is 2. The summed E-state index contributed by atoms with van der Waals surface area (Å²) in [6, 6.07) is 3.32. The smallest absolute Gasteiger partial charge is 0.337 e. The van der Waals surface area contributed by atoms with Crippen LogP contribution in [-0.4, -0.2) is 36.2 Å². The lowest BCUT2D eigenvalue weighted by molar-refractivity contribution is -0.126. The van der Waals surface area contributed by atoms with Crippen LogP contribution in [0, 0.1) is 0 Å². The van der Waals surface area contributed by atoms with Crippen LogP contribution in [0.25, 0.3) is 0 Å². The molecule has 7 nitrogen and oxygen atoms in total. The van der Waals surface area contributed by atoms with Crippen LogP contribution in [0.1, 0.15) is 17.3 Å². The van der Waals surface area contributed by atoms with Gasteiger partial charge in [-0.25, -0.2) is 9.59 Å². The second-order valence-electron chi connectivity index (χ2n) is 3.78. The van der Waals surface area contributed by atoms with E-state index in [0.29, 0.717) is 0 Å². The van der Waals surface area contributed by atoms with Gasteiger partial charge in [0.05, 0.1) is 10.6 Å². The molecular weight excluding hydrogens is 288 g/mol. The molecule has 20 heavy (non-hydrogen) atoms. The maximum absolute atomic E-state index is 11.6. The second kappa shape index (κ2) is 6.76. The highest BCUT2D eigenvalue weighted by Gasteiger charge is 2.18. The fourth-order valence-corrected chi connectivity index (χ4v) is 1.47. The Morgan fingerprint density at radius 2 is 2.00 bits per heavy atom. The lowest BCUT2D eigenvalue weighted by atomic mass is 10.2. The summed E-state index contributed by atoms with van der Waals surface area (Å²) in [7, 11) is 1.37. The highest BCUT2D eigenvalue weighted by atomic mass is 35.5. The minimum absolute atomic E-state index is 0.0623. The number of amides is 3. The number of halogens is 1. The minimum Gasteiger partial charge on any atom is -0.481 e. The van der Waals surface area contributed by atoms with Crippen molar-refractivity contribution in [1.29, 1.82) is 0 Å². The summed E-state index contributed by atoms with van der Waals surface area (Å²) in [5, 5.41) is 13.2. The lowest BCUT2D eigenvalue weighted by Crippen LogP contribution is -2.43. The summed E-state index contributed by atoms with van der Waals surface area (Å²) >= 11 is 5.71. The van der Waals surface area contributed by atoms with Gasteiger partial charge in [-0.15, -0.1) is 0 Å². The Morgan fingerprint density at radius 1 is 1.35 bits per heavy atom. The molecule has 0 aromatic heterocycles. The van der Waals surface area contributed by atoms with Crippen LogP contribution in [0.2, 0.25) is 5.02 Å². The van der Waals surface area contributed by atoms with Crippen LogP contribution >= 0.6 is 11.6 Å². The quantitative estimate of drug-likeness (QED) is 0.776. The van der Waals surface area contributed by atoms with Crippen molar-refractivity contribution in [2.75, 3.05) is 7.05 Å². The number of hydrogen-bond acceptors (Lipinski definition) is 4. The molecule has 0 aliphatic rings. The van der Waals surface area contributed by atoms with Gasteiger partial charge >= 0.3 is 12.0 Å². The molecule has 0 saturated carbocycles. The van der Waals surface area contributed by atoms with Gasteiger partial charge in [0.2, 0.25) is 0 Å². The van der Waals surface area contributed by atoms with E-state index in [-0.39, 0.29) is 16.3 Å². The second-order valence-corrected chi connectivity index (χ2v) is 4.18. The van der Waals surface area contributed by atoms with Gasteiger partial charge in [-0.3, -0.25) is 10.1 Å². The van der Waals surface area contributed by atoms with Gasteiger partial charge < -0.3 is 15.2 Å². The Labute approximate surface area is 119 Å². The third kappa shape index (κ3) is 4.13. The fourth-order valence-electron chi connectivity index (χ4n) is 1.28. The van der Waals surface area contributed by atoms with Crippen LogP contribution in [-0.2, 0) is 4.79 Å². The lowest BCUT2D eigenvalue weighted by Gasteiger charge is -2.14. The van der Waals surface area contributed by atoms with Crippen molar-refractivity contribution in [3.8, 4) is 5.75 Å². The Kier molecular flexibility index (Phi) is 5.33. The molecule has 0 aliphatic carbocycles. The number of rotatable bonds is 4. The molecule has 3 amide bonds. The van der Waals surface area contributed by atoms with E-state index < -0.39 is 24.0 Å². The molecule has 1 aromatic rings. The third-order valence-electron chi connectivity index (χ3n) is 2.31. The van der Waals surface area contributed by atoms with Crippen LogP contribution in [0.4, 0.5) is 4.79 Å². The highest BCUT2D eigenvalue weighted by molar-refractivity contribution is 6.33. The average molecular weight is 301 g/mol. The largest absolute Gasteiger partial charge is 0.481 e. The molecule has 1 rings (SSSR count). The van der Waals surface area contributed by atoms with Gasteiger partial charge in [0, 0.05) is 7.05 Å². The van der Waals surface area contributed by atoms with Gasteiger partial charge in [0.15, 0.2) is 6.10 Å². The van der Waals surface area contributed by atoms with E-state index in [1.54, 1.807) is 0 Å². The number of carbonyl (C=O) groups excluding carboxylic acids is 2. The van der Waals surface area contributed by atoms with E-state index in [4.69, 9.17) is 21.4 Å². The zero-order valence-corrected chi connectivity index (χ0v) is 11.5. The number of hydrogen-bond donors (Lipinski definition) is 3. The highest BCUT2D eigenvalue weighted by Crippen LogP contribution is 2.22. The summed E-state index contributed by atoms with van der Waals surface area (Å²) in [4.78, 5) is 33.4. The van der Waals surface area contributed by atoms with E-state index in [1.165, 1.54) is 32.2 Å². The van der Waals surface area contributed by atoms with Crippen molar-refractivity contribution in [3.63, 3.8) is 0 Å². The summed E-state index contributed by atoms with van der Waals surface area (Å²) in [6.45, 7) is 1.42. The zero-order valence-electron chi connectivity index (χ0n) is 10.8. The maximum Gasteiger partial charge on any atom is 0.337 e. The SMILES string of the molecule is CNC(=O)NC(=O)C(C)Oc1ccc(Cl)c(C(=O)O)c1. The van der Waals surface area contributed by atoms with Crippen LogP contribution in [0.5, 0.6) is 5.75 Å². The van der Waals surface area contributed by atoms with E-state index in [9.17, 15) is 14.4 Å². The van der Waals surface area contributed by atoms with Crippen LogP contribution < -0.4 is 15.4 Å². The van der Waals surface area contributed by atoms with Crippen molar-refractivity contribution < 1.29 is 24.2 Å². The first-order valence-electron chi connectivity index (χ1n) is 5.57. The molecule has 1 aromatic carbocycles. The van der Waals surface area contributed by atoms with E-state index in [0.717, 1.165) is 0 Å². The molecule has 108 valence electrons. The molecule has 0 spiro atoms. The van der Waals surface area contributed by atoms with Gasteiger partial charge in [-0.1, -0.05) is 11.6 Å². The third-order valence-corrected chi connectivity index (χ3v) is 2.64. The van der Waals surface area contributed by atoms with Gasteiger partial charge in [-0.2, -0.15) is 0 Å². The zero-order chi connectivity index (χ0) is 15.3. The molecule has 3 N–H and O–H groups in total. The van der Waals surface area contributed by atoms with Crippen molar-refractivity contribution in [1.82, 2.24) is 10.6 Å². The first-order valence-corrected chi connectivity index (χ1v) is 5.95. The van der Waals surface area contributed by atoms with Gasteiger partial charge in [0.25, 0.3) is 5.91 Å². The van der Waals surface area contributed by atoms with Crippen molar-refractivity contribution >= 4 is 29.5 Å². The molecule has 0 aliphatic heterocycles.